The van der Waals surface area contributed by atoms with Gasteiger partial charge in [0.25, 0.3) is 10.0 Å². The molecule has 0 saturated heterocycles. The topological polar surface area (TPSA) is 87.6 Å². The Morgan fingerprint density at radius 2 is 1.67 bits per heavy atom. The van der Waals surface area contributed by atoms with Gasteiger partial charge in [0, 0.05) is 11.3 Å². The molecule has 7 heteroatoms. The average molecular weight is 417 g/mol. The van der Waals surface area contributed by atoms with Crippen LogP contribution in [0.5, 0.6) is 0 Å². The van der Waals surface area contributed by atoms with E-state index in [9.17, 15) is 13.2 Å². The van der Waals surface area contributed by atoms with E-state index in [-0.39, 0.29) is 16.6 Å². The van der Waals surface area contributed by atoms with Crippen LogP contribution in [0, 0.1) is 0 Å². The minimum atomic E-state index is -3.63. The Labute approximate surface area is 174 Å². The van der Waals surface area contributed by atoms with Gasteiger partial charge in [0.2, 0.25) is 5.91 Å². The normalized spacial score (nSPS) is 17.6. The maximum absolute atomic E-state index is 12.7. The fraction of sp³-hybridized carbons (Fsp3) is 0.130. The summed E-state index contributed by atoms with van der Waals surface area (Å²) in [7, 11) is -3.63. The summed E-state index contributed by atoms with van der Waals surface area (Å²) in [5.74, 6) is -0.112. The standard InChI is InChI=1S/C23H19N3O3S/c1-14(24-22-20-8-4-5-9-21(20)30(28,29)26-22)23(27)25-17-10-11-19-16(13-17)12-15-6-2-3-7-18(15)19/h2-11,13-14H,12H2,1H3,(H,24,26)(H,25,27)/t14-/m0/s1. The molecule has 6 nitrogen and oxygen atoms in total. The Kier molecular flexibility index (Phi) is 4.22. The van der Waals surface area contributed by atoms with Crippen LogP contribution in [0.25, 0.3) is 11.1 Å². The maximum Gasteiger partial charge on any atom is 0.263 e. The molecule has 1 amide bonds. The first kappa shape index (κ1) is 18.6. The number of benzene rings is 3. The summed E-state index contributed by atoms with van der Waals surface area (Å²) in [6.45, 7) is 1.64. The van der Waals surface area contributed by atoms with Crippen molar-refractivity contribution in [3.05, 3.63) is 83.4 Å². The van der Waals surface area contributed by atoms with Crippen molar-refractivity contribution >= 4 is 27.5 Å². The van der Waals surface area contributed by atoms with Crippen LogP contribution in [-0.4, -0.2) is 26.2 Å². The summed E-state index contributed by atoms with van der Waals surface area (Å²) in [5.41, 5.74) is 6.05. The van der Waals surface area contributed by atoms with E-state index in [0.717, 1.165) is 6.42 Å². The monoisotopic (exact) mass is 417 g/mol. The van der Waals surface area contributed by atoms with Crippen LogP contribution in [0.15, 0.2) is 76.6 Å². The molecule has 0 aromatic heterocycles. The minimum absolute atomic E-state index is 0.176. The van der Waals surface area contributed by atoms with Gasteiger partial charge in [-0.2, -0.15) is 0 Å². The van der Waals surface area contributed by atoms with Crippen molar-refractivity contribution in [3.8, 4) is 11.1 Å². The predicted octanol–water partition coefficient (Wildman–Crippen LogP) is 3.32. The number of amides is 1. The summed E-state index contributed by atoms with van der Waals surface area (Å²) in [4.78, 5) is 17.2. The third kappa shape index (κ3) is 3.07. The fourth-order valence-corrected chi connectivity index (χ4v) is 5.19. The van der Waals surface area contributed by atoms with Crippen LogP contribution in [0.3, 0.4) is 0 Å². The van der Waals surface area contributed by atoms with Crippen LogP contribution in [0.4, 0.5) is 5.69 Å². The van der Waals surface area contributed by atoms with Gasteiger partial charge in [0.15, 0.2) is 0 Å². The summed E-state index contributed by atoms with van der Waals surface area (Å²) in [5, 5.41) is 2.89. The molecule has 2 aliphatic rings. The quantitative estimate of drug-likeness (QED) is 0.536. The second-order valence-electron chi connectivity index (χ2n) is 7.45. The summed E-state index contributed by atoms with van der Waals surface area (Å²) < 4.78 is 26.9. The molecule has 0 fully saturated rings. The summed E-state index contributed by atoms with van der Waals surface area (Å²) in [6.07, 6.45) is 0.839. The molecule has 0 saturated carbocycles. The van der Waals surface area contributed by atoms with E-state index in [2.05, 4.69) is 27.2 Å². The molecule has 0 spiro atoms. The first-order chi connectivity index (χ1) is 14.4. The zero-order valence-electron chi connectivity index (χ0n) is 16.2. The number of fused-ring (bicyclic) bond motifs is 4. The number of hydrogen-bond donors (Lipinski definition) is 2. The van der Waals surface area contributed by atoms with E-state index in [1.165, 1.54) is 28.3 Å². The fourth-order valence-electron chi connectivity index (χ4n) is 3.95. The summed E-state index contributed by atoms with van der Waals surface area (Å²) >= 11 is 0. The van der Waals surface area contributed by atoms with Crippen LogP contribution in [0.2, 0.25) is 0 Å². The van der Waals surface area contributed by atoms with E-state index in [0.29, 0.717) is 11.3 Å². The molecule has 2 N–H and O–H groups in total. The molecule has 3 aromatic rings. The van der Waals surface area contributed by atoms with Gasteiger partial charge in [-0.15, -0.1) is 0 Å². The maximum atomic E-state index is 12.7. The van der Waals surface area contributed by atoms with E-state index in [1.54, 1.807) is 25.1 Å². The van der Waals surface area contributed by atoms with Crippen molar-refractivity contribution in [2.24, 2.45) is 4.99 Å². The molecule has 150 valence electrons. The number of sulfonamides is 1. The highest BCUT2D eigenvalue weighted by Crippen LogP contribution is 2.37. The lowest BCUT2D eigenvalue weighted by molar-refractivity contribution is -0.117. The van der Waals surface area contributed by atoms with Crippen LogP contribution >= 0.6 is 0 Å². The van der Waals surface area contributed by atoms with Gasteiger partial charge in [-0.05, 0) is 59.9 Å². The molecule has 0 unspecified atom stereocenters. The van der Waals surface area contributed by atoms with Crippen molar-refractivity contribution in [2.45, 2.75) is 24.3 Å². The second-order valence-corrected chi connectivity index (χ2v) is 9.10. The van der Waals surface area contributed by atoms with Crippen LogP contribution in [0.1, 0.15) is 23.6 Å². The van der Waals surface area contributed by atoms with Crippen molar-refractivity contribution in [1.82, 2.24) is 4.72 Å². The number of nitrogens with one attached hydrogen (secondary N) is 2. The lowest BCUT2D eigenvalue weighted by Crippen LogP contribution is -2.28. The van der Waals surface area contributed by atoms with Gasteiger partial charge in [0.05, 0.1) is 4.90 Å². The number of aliphatic imine (C=N–C) groups is 1. The Morgan fingerprint density at radius 1 is 0.967 bits per heavy atom. The molecular formula is C23H19N3O3S. The van der Waals surface area contributed by atoms with Crippen molar-refractivity contribution in [1.29, 1.82) is 0 Å². The van der Waals surface area contributed by atoms with E-state index in [4.69, 9.17) is 0 Å². The van der Waals surface area contributed by atoms with Gasteiger partial charge in [-0.1, -0.05) is 42.5 Å². The molecule has 1 aliphatic heterocycles. The third-order valence-corrected chi connectivity index (χ3v) is 6.82. The summed E-state index contributed by atoms with van der Waals surface area (Å²) in [6, 6.07) is 20.0. The molecule has 0 bridgehead atoms. The average Bonchev–Trinajstić information content (AvgIpc) is 3.22. The molecule has 1 heterocycles. The van der Waals surface area contributed by atoms with Crippen LogP contribution < -0.4 is 10.0 Å². The first-order valence-electron chi connectivity index (χ1n) is 9.64. The lowest BCUT2D eigenvalue weighted by atomic mass is 10.1. The molecule has 5 rings (SSSR count). The number of nitrogens with zero attached hydrogens (tertiary/aromatic N) is 1. The van der Waals surface area contributed by atoms with Crippen molar-refractivity contribution in [2.75, 3.05) is 5.32 Å². The lowest BCUT2D eigenvalue weighted by Gasteiger charge is -2.11. The SMILES string of the molecule is C[C@H](N=C1NS(=O)(=O)c2ccccc21)C(=O)Nc1ccc2c(c1)Cc1ccccc1-2. The molecule has 3 aromatic carbocycles. The van der Waals surface area contributed by atoms with E-state index in [1.807, 2.05) is 30.3 Å². The first-order valence-corrected chi connectivity index (χ1v) is 11.1. The zero-order chi connectivity index (χ0) is 20.9. The highest BCUT2D eigenvalue weighted by Gasteiger charge is 2.31. The third-order valence-electron chi connectivity index (χ3n) is 5.43. The molecule has 1 aliphatic carbocycles. The van der Waals surface area contributed by atoms with Gasteiger partial charge in [-0.25, -0.2) is 8.42 Å². The van der Waals surface area contributed by atoms with Crippen molar-refractivity contribution < 1.29 is 13.2 Å². The Hall–Kier alpha value is -3.45. The number of carbonyl (C=O) groups is 1. The highest BCUT2D eigenvalue weighted by molar-refractivity contribution is 7.90. The number of rotatable bonds is 3. The number of carbonyl (C=O) groups excluding carboxylic acids is 1. The predicted molar refractivity (Wildman–Crippen MR) is 116 cm³/mol. The molecule has 30 heavy (non-hydrogen) atoms. The number of hydrogen-bond acceptors (Lipinski definition) is 4. The van der Waals surface area contributed by atoms with Gasteiger partial charge in [-0.3, -0.25) is 14.5 Å². The van der Waals surface area contributed by atoms with Gasteiger partial charge in [0.1, 0.15) is 11.9 Å². The minimum Gasteiger partial charge on any atom is -0.324 e. The Morgan fingerprint density at radius 3 is 2.50 bits per heavy atom. The van der Waals surface area contributed by atoms with E-state index < -0.39 is 16.1 Å². The van der Waals surface area contributed by atoms with Crippen molar-refractivity contribution in [3.63, 3.8) is 0 Å². The van der Waals surface area contributed by atoms with E-state index >= 15 is 0 Å². The molecule has 0 radical (unpaired) electrons. The molecular weight excluding hydrogens is 398 g/mol. The number of anilines is 1. The van der Waals surface area contributed by atoms with Gasteiger partial charge < -0.3 is 5.32 Å². The second kappa shape index (κ2) is 6.81. The Bertz CT molecular complexity index is 1330. The van der Waals surface area contributed by atoms with Crippen LogP contribution in [-0.2, 0) is 21.2 Å². The van der Waals surface area contributed by atoms with Gasteiger partial charge >= 0.3 is 0 Å². The highest BCUT2D eigenvalue weighted by atomic mass is 32.2. The number of amidine groups is 1. The Balaban J connectivity index is 1.36. The molecule has 1 atom stereocenters. The zero-order valence-corrected chi connectivity index (χ0v) is 17.0. The smallest absolute Gasteiger partial charge is 0.263 e. The largest absolute Gasteiger partial charge is 0.324 e.